The fourth-order valence-corrected chi connectivity index (χ4v) is 5.47. The summed E-state index contributed by atoms with van der Waals surface area (Å²) in [5, 5.41) is 43.1. The molecular weight excluding hydrogens is 412 g/mol. The molecule has 0 amide bonds. The highest BCUT2D eigenvalue weighted by Gasteiger charge is 2.68. The van der Waals surface area contributed by atoms with Crippen LogP contribution in [-0.4, -0.2) is 50.6 Å². The smallest absolute Gasteiger partial charge is 0.189 e. The van der Waals surface area contributed by atoms with Crippen LogP contribution < -0.4 is 0 Å². The minimum absolute atomic E-state index is 0.0832. The molecule has 7 nitrogen and oxygen atoms in total. The Bertz CT molecular complexity index is 937. The summed E-state index contributed by atoms with van der Waals surface area (Å²) in [7, 11) is 0. The molecule has 7 heteroatoms. The van der Waals surface area contributed by atoms with E-state index in [-0.39, 0.29) is 24.4 Å². The van der Waals surface area contributed by atoms with Crippen LogP contribution >= 0.6 is 0 Å². The molecule has 2 aromatic rings. The summed E-state index contributed by atoms with van der Waals surface area (Å²) in [5.41, 5.74) is 1.53. The summed E-state index contributed by atoms with van der Waals surface area (Å²) in [6.45, 7) is 7.88. The van der Waals surface area contributed by atoms with Gasteiger partial charge in [-0.25, -0.2) is 0 Å². The molecule has 178 valence electrons. The van der Waals surface area contributed by atoms with Crippen LogP contribution in [0.5, 0.6) is 5.75 Å². The van der Waals surface area contributed by atoms with E-state index >= 15 is 0 Å². The van der Waals surface area contributed by atoms with Gasteiger partial charge in [-0.3, -0.25) is 0 Å². The van der Waals surface area contributed by atoms with E-state index in [0.717, 1.165) is 29.4 Å². The van der Waals surface area contributed by atoms with E-state index < -0.39 is 24.1 Å². The summed E-state index contributed by atoms with van der Waals surface area (Å²) in [6.07, 6.45) is 2.46. The van der Waals surface area contributed by atoms with Gasteiger partial charge in [-0.1, -0.05) is 34.1 Å². The van der Waals surface area contributed by atoms with Gasteiger partial charge < -0.3 is 34.3 Å². The molecule has 1 aromatic heterocycles. The molecule has 1 unspecified atom stereocenters. The highest BCUT2D eigenvalue weighted by molar-refractivity contribution is 5.87. The fourth-order valence-electron chi connectivity index (χ4n) is 5.47. The van der Waals surface area contributed by atoms with Gasteiger partial charge in [0.05, 0.1) is 36.7 Å². The van der Waals surface area contributed by atoms with E-state index in [1.807, 2.05) is 13.0 Å². The monoisotopic (exact) mass is 448 g/mol. The van der Waals surface area contributed by atoms with Crippen LogP contribution in [0.2, 0.25) is 0 Å². The zero-order valence-electron chi connectivity index (χ0n) is 19.4. The van der Waals surface area contributed by atoms with Gasteiger partial charge in [-0.2, -0.15) is 0 Å². The molecule has 1 spiro atoms. The number of hydrogen-bond donors (Lipinski definition) is 4. The lowest BCUT2D eigenvalue weighted by molar-refractivity contribution is -0.236. The largest absolute Gasteiger partial charge is 0.507 e. The molecule has 4 N–H and O–H groups in total. The molecule has 6 atom stereocenters. The molecule has 1 aromatic carbocycles. The Morgan fingerprint density at radius 3 is 2.53 bits per heavy atom. The minimum atomic E-state index is -1.19. The Morgan fingerprint density at radius 2 is 1.97 bits per heavy atom. The van der Waals surface area contributed by atoms with E-state index in [9.17, 15) is 20.4 Å². The first-order valence-corrected chi connectivity index (χ1v) is 11.8. The van der Waals surface area contributed by atoms with Crippen molar-refractivity contribution in [3.8, 4) is 5.75 Å². The highest BCUT2D eigenvalue weighted by atomic mass is 16.7. The van der Waals surface area contributed by atoms with Gasteiger partial charge in [-0.15, -0.1) is 0 Å². The first-order valence-electron chi connectivity index (χ1n) is 11.8. The zero-order valence-corrected chi connectivity index (χ0v) is 19.4. The van der Waals surface area contributed by atoms with Crippen LogP contribution in [-0.2, 0) is 22.5 Å². The van der Waals surface area contributed by atoms with E-state index in [2.05, 4.69) is 20.8 Å². The van der Waals surface area contributed by atoms with Crippen LogP contribution in [0, 0.1) is 5.92 Å². The van der Waals surface area contributed by atoms with Gasteiger partial charge in [0.25, 0.3) is 0 Å². The second-order valence-corrected chi connectivity index (χ2v) is 9.73. The summed E-state index contributed by atoms with van der Waals surface area (Å²) in [5.74, 6) is 0.296. The number of aliphatic hydroxyl groups excluding tert-OH is 3. The van der Waals surface area contributed by atoms with Crippen molar-refractivity contribution < 1.29 is 34.3 Å². The van der Waals surface area contributed by atoms with Gasteiger partial charge in [0, 0.05) is 23.3 Å². The van der Waals surface area contributed by atoms with Crippen LogP contribution in [0.4, 0.5) is 0 Å². The topological polar surface area (TPSA) is 116 Å². The lowest BCUT2D eigenvalue weighted by Gasteiger charge is -2.39. The molecule has 32 heavy (non-hydrogen) atoms. The van der Waals surface area contributed by atoms with Crippen LogP contribution in [0.1, 0.15) is 76.0 Å². The number of aromatic hydroxyl groups is 1. The predicted molar refractivity (Wildman–Crippen MR) is 119 cm³/mol. The number of rotatable bonds is 8. The Hall–Kier alpha value is -1.64. The Morgan fingerprint density at radius 1 is 1.22 bits per heavy atom. The second-order valence-electron chi connectivity index (χ2n) is 9.73. The minimum Gasteiger partial charge on any atom is -0.507 e. The highest BCUT2D eigenvalue weighted by Crippen LogP contribution is 2.51. The van der Waals surface area contributed by atoms with Crippen molar-refractivity contribution in [3.05, 3.63) is 29.0 Å². The van der Waals surface area contributed by atoms with Crippen molar-refractivity contribution in [3.63, 3.8) is 0 Å². The van der Waals surface area contributed by atoms with E-state index in [0.29, 0.717) is 36.3 Å². The summed E-state index contributed by atoms with van der Waals surface area (Å²) in [6, 6.07) is 1.94. The standard InChI is InChI=1S/C25H36O7/c1-5-7-15(19-10-20(27)25(24(29)31-19)21(6-2)32-25)18-12-30-23-16(18)9-14(8-13(3)4)22(28)17(23)11-26/h9,12-13,15,19-21,24,26-29H,5-8,10-11H2,1-4H3/t15?,19-,20-,21-,24-,25+/m1/s1. The Labute approximate surface area is 189 Å². The molecule has 0 bridgehead atoms. The predicted octanol–water partition coefficient (Wildman–Crippen LogP) is 3.73. The number of epoxide rings is 1. The number of phenols is 1. The molecule has 4 rings (SSSR count). The molecule has 2 aliphatic rings. The van der Waals surface area contributed by atoms with Crippen molar-refractivity contribution >= 4 is 11.0 Å². The van der Waals surface area contributed by atoms with Crippen molar-refractivity contribution in [2.45, 2.75) is 103 Å². The lowest BCUT2D eigenvalue weighted by Crippen LogP contribution is -2.53. The number of benzene rings is 1. The fraction of sp³-hybridized carbons (Fsp3) is 0.680. The van der Waals surface area contributed by atoms with E-state index in [1.54, 1.807) is 6.26 Å². The number of ether oxygens (including phenoxy) is 2. The third kappa shape index (κ3) is 3.74. The zero-order chi connectivity index (χ0) is 23.2. The summed E-state index contributed by atoms with van der Waals surface area (Å²) in [4.78, 5) is 0. The Balaban J connectivity index is 1.72. The first-order chi connectivity index (χ1) is 15.3. The first kappa shape index (κ1) is 23.5. The maximum absolute atomic E-state index is 10.9. The molecule has 2 saturated heterocycles. The number of hydrogen-bond acceptors (Lipinski definition) is 7. The Kier molecular flexibility index (Phi) is 6.58. The molecule has 0 aliphatic carbocycles. The van der Waals surface area contributed by atoms with Crippen molar-refractivity contribution in [2.24, 2.45) is 5.92 Å². The SMILES string of the molecule is CCCC(c1coc2c(CO)c(O)c(CC(C)C)cc12)[C@H]1C[C@@H](O)[C@@]2(O[C@@H]2CC)[C@H](O)O1. The van der Waals surface area contributed by atoms with Gasteiger partial charge in [-0.05, 0) is 36.8 Å². The van der Waals surface area contributed by atoms with E-state index in [4.69, 9.17) is 13.9 Å². The number of aliphatic hydroxyl groups is 3. The molecule has 2 aliphatic heterocycles. The van der Waals surface area contributed by atoms with Gasteiger partial charge >= 0.3 is 0 Å². The second kappa shape index (κ2) is 8.95. The summed E-state index contributed by atoms with van der Waals surface area (Å²) < 4.78 is 17.6. The van der Waals surface area contributed by atoms with Crippen molar-refractivity contribution in [1.82, 2.24) is 0 Å². The third-order valence-corrected chi connectivity index (χ3v) is 7.11. The quantitative estimate of drug-likeness (QED) is 0.455. The third-order valence-electron chi connectivity index (χ3n) is 7.11. The van der Waals surface area contributed by atoms with Gasteiger partial charge in [0.2, 0.25) is 0 Å². The van der Waals surface area contributed by atoms with Gasteiger partial charge in [0.1, 0.15) is 11.3 Å². The molecular formula is C25H36O7. The van der Waals surface area contributed by atoms with Crippen LogP contribution in [0.15, 0.2) is 16.7 Å². The molecule has 0 saturated carbocycles. The van der Waals surface area contributed by atoms with Crippen LogP contribution in [0.3, 0.4) is 0 Å². The van der Waals surface area contributed by atoms with Gasteiger partial charge in [0.15, 0.2) is 11.9 Å². The average molecular weight is 449 g/mol. The number of fused-ring (bicyclic) bond motifs is 1. The van der Waals surface area contributed by atoms with Crippen LogP contribution in [0.25, 0.3) is 11.0 Å². The lowest BCUT2D eigenvalue weighted by atomic mass is 9.80. The molecule has 2 fully saturated rings. The average Bonchev–Trinajstić information content (AvgIpc) is 3.36. The molecule has 3 heterocycles. The van der Waals surface area contributed by atoms with Crippen molar-refractivity contribution in [1.29, 1.82) is 0 Å². The maximum atomic E-state index is 10.9. The van der Waals surface area contributed by atoms with E-state index in [1.165, 1.54) is 0 Å². The number of furan rings is 1. The maximum Gasteiger partial charge on any atom is 0.189 e. The summed E-state index contributed by atoms with van der Waals surface area (Å²) >= 11 is 0. The normalized spacial score (nSPS) is 31.0. The van der Waals surface area contributed by atoms with Crippen molar-refractivity contribution in [2.75, 3.05) is 0 Å². The molecule has 0 radical (unpaired) electrons.